The van der Waals surface area contributed by atoms with E-state index in [2.05, 4.69) is 25.7 Å². The quantitative estimate of drug-likeness (QED) is 0.251. The van der Waals surface area contributed by atoms with Gasteiger partial charge in [0.05, 0.1) is 0 Å². The van der Waals surface area contributed by atoms with Crippen molar-refractivity contribution in [2.75, 3.05) is 0 Å². The number of hydrogen-bond acceptors (Lipinski definition) is 0. The second kappa shape index (κ2) is 17.6. The van der Waals surface area contributed by atoms with Crippen molar-refractivity contribution in [3.63, 3.8) is 0 Å². The maximum atomic E-state index is 3.34. The third-order valence-electron chi connectivity index (χ3n) is 3.69. The van der Waals surface area contributed by atoms with Gasteiger partial charge in [0.15, 0.2) is 0 Å². The zero-order valence-corrected chi connectivity index (χ0v) is 13.6. The van der Waals surface area contributed by atoms with Crippen LogP contribution in [0.1, 0.15) is 110 Å². The molecule has 0 N–H and O–H groups in total. The lowest BCUT2D eigenvalue weighted by atomic mass is 10.1. The molecule has 0 rings (SSSR count). The Labute approximate surface area is 122 Å². The summed E-state index contributed by atoms with van der Waals surface area (Å²) in [6.45, 7) is 4.55. The Balaban J connectivity index is 3.05. The Kier molecular flexibility index (Phi) is 17.2. The van der Waals surface area contributed by atoms with Crippen LogP contribution in [0.15, 0.2) is 0 Å². The van der Waals surface area contributed by atoms with E-state index in [0.29, 0.717) is 0 Å². The van der Waals surface area contributed by atoms with Gasteiger partial charge in [0.2, 0.25) is 0 Å². The molecule has 0 atom stereocenters. The van der Waals surface area contributed by atoms with Gasteiger partial charge >= 0.3 is 0 Å². The molecule has 112 valence electrons. The lowest BCUT2D eigenvalue weighted by Crippen LogP contribution is -1.80. The maximum Gasteiger partial charge on any atom is 0.00886 e. The molecule has 0 spiro atoms. The maximum absolute atomic E-state index is 3.34. The van der Waals surface area contributed by atoms with E-state index in [1.807, 2.05) is 0 Å². The van der Waals surface area contributed by atoms with E-state index >= 15 is 0 Å². The second-order valence-electron chi connectivity index (χ2n) is 5.74. The first-order valence-corrected chi connectivity index (χ1v) is 8.87. The first-order chi connectivity index (χ1) is 9.41. The van der Waals surface area contributed by atoms with E-state index in [9.17, 15) is 0 Å². The molecule has 0 heterocycles. The van der Waals surface area contributed by atoms with Crippen LogP contribution in [0.5, 0.6) is 0 Å². The second-order valence-corrected chi connectivity index (χ2v) is 5.74. The highest BCUT2D eigenvalue weighted by molar-refractivity contribution is 4.98. The molecule has 0 heteroatoms. The van der Waals surface area contributed by atoms with Crippen LogP contribution in [0.25, 0.3) is 0 Å². The molecule has 0 saturated carbocycles. The van der Waals surface area contributed by atoms with E-state index in [-0.39, 0.29) is 0 Å². The molecule has 0 aromatic rings. The van der Waals surface area contributed by atoms with E-state index in [1.54, 1.807) is 0 Å². The van der Waals surface area contributed by atoms with Gasteiger partial charge in [-0.15, -0.1) is 11.8 Å². The molecular formula is C19H36. The van der Waals surface area contributed by atoms with Gasteiger partial charge < -0.3 is 0 Å². The molecule has 0 unspecified atom stereocenters. The molecule has 0 aliphatic carbocycles. The Morgan fingerprint density at radius 2 is 0.737 bits per heavy atom. The molecular weight excluding hydrogens is 228 g/mol. The smallest absolute Gasteiger partial charge is 0.00886 e. The SMILES string of the molecule is CCCCCCCC#CCCCCCCCCCC. The molecule has 0 radical (unpaired) electrons. The number of unbranched alkanes of at least 4 members (excludes halogenated alkanes) is 13. The van der Waals surface area contributed by atoms with Crippen molar-refractivity contribution in [2.45, 2.75) is 110 Å². The van der Waals surface area contributed by atoms with Gasteiger partial charge in [0, 0.05) is 12.8 Å². The van der Waals surface area contributed by atoms with Crippen LogP contribution in [0.3, 0.4) is 0 Å². The van der Waals surface area contributed by atoms with Crippen LogP contribution in [-0.4, -0.2) is 0 Å². The molecule has 0 nitrogen and oxygen atoms in total. The van der Waals surface area contributed by atoms with Crippen LogP contribution in [0.2, 0.25) is 0 Å². The summed E-state index contributed by atoms with van der Waals surface area (Å²) in [4.78, 5) is 0. The fourth-order valence-corrected chi connectivity index (χ4v) is 2.34. The highest BCUT2D eigenvalue weighted by Crippen LogP contribution is 2.09. The first-order valence-electron chi connectivity index (χ1n) is 8.87. The van der Waals surface area contributed by atoms with Crippen molar-refractivity contribution in [2.24, 2.45) is 0 Å². The molecule has 0 aromatic carbocycles. The van der Waals surface area contributed by atoms with Crippen molar-refractivity contribution < 1.29 is 0 Å². The summed E-state index contributed by atoms with van der Waals surface area (Å²) in [6, 6.07) is 0. The summed E-state index contributed by atoms with van der Waals surface area (Å²) in [5.41, 5.74) is 0. The van der Waals surface area contributed by atoms with Crippen molar-refractivity contribution in [1.82, 2.24) is 0 Å². The van der Waals surface area contributed by atoms with Crippen molar-refractivity contribution in [3.05, 3.63) is 0 Å². The van der Waals surface area contributed by atoms with Gasteiger partial charge in [0.25, 0.3) is 0 Å². The predicted octanol–water partition coefficient (Wildman–Crippen LogP) is 6.88. The van der Waals surface area contributed by atoms with Gasteiger partial charge in [-0.25, -0.2) is 0 Å². The third-order valence-corrected chi connectivity index (χ3v) is 3.69. The first kappa shape index (κ1) is 18.6. The van der Waals surface area contributed by atoms with E-state index < -0.39 is 0 Å². The van der Waals surface area contributed by atoms with Gasteiger partial charge in [-0.05, 0) is 12.8 Å². The lowest BCUT2D eigenvalue weighted by molar-refractivity contribution is 0.579. The molecule has 0 amide bonds. The molecule has 0 aromatic heterocycles. The Morgan fingerprint density at radius 1 is 0.421 bits per heavy atom. The summed E-state index contributed by atoms with van der Waals surface area (Å²) < 4.78 is 0. The van der Waals surface area contributed by atoms with E-state index in [4.69, 9.17) is 0 Å². The third kappa shape index (κ3) is 17.6. The van der Waals surface area contributed by atoms with Crippen LogP contribution in [0.4, 0.5) is 0 Å². The van der Waals surface area contributed by atoms with Crippen LogP contribution in [0, 0.1) is 11.8 Å². The van der Waals surface area contributed by atoms with Crippen LogP contribution < -0.4 is 0 Å². The van der Waals surface area contributed by atoms with Gasteiger partial charge in [-0.2, -0.15) is 0 Å². The summed E-state index contributed by atoms with van der Waals surface area (Å²) in [5.74, 6) is 6.67. The Hall–Kier alpha value is -0.440. The van der Waals surface area contributed by atoms with Crippen LogP contribution >= 0.6 is 0 Å². The summed E-state index contributed by atoms with van der Waals surface area (Å²) in [7, 11) is 0. The normalized spacial score (nSPS) is 10.2. The van der Waals surface area contributed by atoms with Gasteiger partial charge in [-0.3, -0.25) is 0 Å². The van der Waals surface area contributed by atoms with Crippen molar-refractivity contribution in [3.8, 4) is 11.8 Å². The van der Waals surface area contributed by atoms with Crippen molar-refractivity contribution in [1.29, 1.82) is 0 Å². The van der Waals surface area contributed by atoms with E-state index in [1.165, 1.54) is 83.5 Å². The van der Waals surface area contributed by atoms with Crippen molar-refractivity contribution >= 4 is 0 Å². The van der Waals surface area contributed by atoms with Crippen LogP contribution in [-0.2, 0) is 0 Å². The fraction of sp³-hybridized carbons (Fsp3) is 0.895. The zero-order chi connectivity index (χ0) is 14.0. The average molecular weight is 264 g/mol. The highest BCUT2D eigenvalue weighted by Gasteiger charge is 1.90. The monoisotopic (exact) mass is 264 g/mol. The topological polar surface area (TPSA) is 0 Å². The molecule has 0 fully saturated rings. The van der Waals surface area contributed by atoms with Gasteiger partial charge in [0.1, 0.15) is 0 Å². The van der Waals surface area contributed by atoms with E-state index in [0.717, 1.165) is 12.8 Å². The fourth-order valence-electron chi connectivity index (χ4n) is 2.34. The minimum atomic E-state index is 1.13. The largest absolute Gasteiger partial charge is 0.103 e. The summed E-state index contributed by atoms with van der Waals surface area (Å²) in [6.07, 6.45) is 20.3. The molecule has 0 aliphatic heterocycles. The number of hydrogen-bond donors (Lipinski definition) is 0. The zero-order valence-electron chi connectivity index (χ0n) is 13.6. The Morgan fingerprint density at radius 3 is 1.11 bits per heavy atom. The minimum Gasteiger partial charge on any atom is -0.103 e. The average Bonchev–Trinajstić information content (AvgIpc) is 2.43. The molecule has 0 bridgehead atoms. The standard InChI is InChI=1S/C19H36/c1-3-5-7-9-11-13-15-17-19-18-16-14-12-10-8-6-4-2/h3-15,17,19H2,1-2H3. The molecule has 0 saturated heterocycles. The minimum absolute atomic E-state index is 1.13. The summed E-state index contributed by atoms with van der Waals surface area (Å²) >= 11 is 0. The Bertz CT molecular complexity index is 206. The molecule has 19 heavy (non-hydrogen) atoms. The molecule has 0 aliphatic rings. The lowest BCUT2D eigenvalue weighted by Gasteiger charge is -1.99. The van der Waals surface area contributed by atoms with Gasteiger partial charge in [-0.1, -0.05) is 84.5 Å². The highest BCUT2D eigenvalue weighted by atomic mass is 14.0. The predicted molar refractivity (Wildman–Crippen MR) is 88.4 cm³/mol. The summed E-state index contributed by atoms with van der Waals surface area (Å²) in [5, 5.41) is 0. The number of rotatable bonds is 13.